The van der Waals surface area contributed by atoms with E-state index in [1.165, 1.54) is 0 Å². The van der Waals surface area contributed by atoms with Crippen LogP contribution in [-0.2, 0) is 4.79 Å². The number of nitrogens with one attached hydrogen (secondary N) is 1. The number of carbonyl (C=O) groups is 1. The molecular weight excluding hydrogens is 192 g/mol. The van der Waals surface area contributed by atoms with Crippen LogP contribution in [0.25, 0.3) is 16.6 Å². The summed E-state index contributed by atoms with van der Waals surface area (Å²) in [5, 5.41) is 8.62. The Bertz CT molecular complexity index is 495. The Morgan fingerprint density at radius 3 is 2.87 bits per heavy atom. The predicted molar refractivity (Wildman–Crippen MR) is 57.4 cm³/mol. The molecule has 1 aromatic carbocycles. The molecule has 0 atom stereocenters. The van der Waals surface area contributed by atoms with Crippen molar-refractivity contribution in [3.05, 3.63) is 36.7 Å². The number of carboxylic acid groups (broad SMARTS) is 1. The van der Waals surface area contributed by atoms with E-state index in [0.29, 0.717) is 11.4 Å². The number of para-hydroxylation sites is 2. The van der Waals surface area contributed by atoms with Gasteiger partial charge in [-0.25, -0.2) is 4.98 Å². The second-order valence-corrected chi connectivity index (χ2v) is 3.28. The summed E-state index contributed by atoms with van der Waals surface area (Å²) in [6.07, 6.45) is -0.0974. The highest BCUT2D eigenvalue weighted by Crippen LogP contribution is 2.17. The molecule has 0 aliphatic heterocycles. The monoisotopic (exact) mass is 202 g/mol. The van der Waals surface area contributed by atoms with Crippen molar-refractivity contribution in [2.24, 2.45) is 0 Å². The van der Waals surface area contributed by atoms with E-state index in [4.69, 9.17) is 5.11 Å². The Morgan fingerprint density at radius 1 is 1.47 bits per heavy atom. The van der Waals surface area contributed by atoms with Crippen LogP contribution in [0, 0.1) is 0 Å². The number of rotatable bonds is 3. The molecule has 0 aliphatic carbocycles. The third-order valence-electron chi connectivity index (χ3n) is 2.09. The molecule has 2 rings (SSSR count). The van der Waals surface area contributed by atoms with Crippen LogP contribution in [-0.4, -0.2) is 21.0 Å². The van der Waals surface area contributed by atoms with Gasteiger partial charge in [0.05, 0.1) is 17.5 Å². The first-order valence-corrected chi connectivity index (χ1v) is 4.51. The van der Waals surface area contributed by atoms with Gasteiger partial charge in [-0.2, -0.15) is 0 Å². The topological polar surface area (TPSA) is 66.0 Å². The first-order valence-electron chi connectivity index (χ1n) is 4.51. The minimum Gasteiger partial charge on any atom is -0.481 e. The first-order chi connectivity index (χ1) is 7.16. The summed E-state index contributed by atoms with van der Waals surface area (Å²) in [5.74, 6) is -0.362. The smallest absolute Gasteiger partial charge is 0.307 e. The van der Waals surface area contributed by atoms with Gasteiger partial charge in [0.15, 0.2) is 0 Å². The summed E-state index contributed by atoms with van der Waals surface area (Å²) in [5.41, 5.74) is 2.19. The Balaban J connectivity index is 2.36. The molecule has 0 fully saturated rings. The Labute approximate surface area is 86.3 Å². The number of H-pyrrole nitrogens is 1. The lowest BCUT2D eigenvalue weighted by molar-refractivity contribution is -0.135. The molecule has 0 amide bonds. The fourth-order valence-corrected chi connectivity index (χ4v) is 1.39. The maximum absolute atomic E-state index is 10.5. The van der Waals surface area contributed by atoms with E-state index in [1.54, 1.807) is 0 Å². The molecule has 4 nitrogen and oxygen atoms in total. The molecule has 0 aliphatic rings. The zero-order chi connectivity index (χ0) is 10.8. The SMILES string of the molecule is C=C(CC(=O)O)c1nc2ccccc2[nH]1. The average Bonchev–Trinajstić information content (AvgIpc) is 2.59. The lowest BCUT2D eigenvalue weighted by atomic mass is 10.2. The summed E-state index contributed by atoms with van der Waals surface area (Å²) in [6, 6.07) is 7.53. The van der Waals surface area contributed by atoms with E-state index < -0.39 is 5.97 Å². The Hall–Kier alpha value is -2.10. The maximum Gasteiger partial charge on any atom is 0.307 e. The normalized spacial score (nSPS) is 10.4. The van der Waals surface area contributed by atoms with Gasteiger partial charge in [0.2, 0.25) is 0 Å². The van der Waals surface area contributed by atoms with Gasteiger partial charge in [0, 0.05) is 0 Å². The highest BCUT2D eigenvalue weighted by molar-refractivity contribution is 5.84. The van der Waals surface area contributed by atoms with Crippen molar-refractivity contribution < 1.29 is 9.90 Å². The van der Waals surface area contributed by atoms with Gasteiger partial charge in [-0.3, -0.25) is 4.79 Å². The van der Waals surface area contributed by atoms with Crippen molar-refractivity contribution in [2.45, 2.75) is 6.42 Å². The minimum atomic E-state index is -0.902. The predicted octanol–water partition coefficient (Wildman–Crippen LogP) is 2.05. The van der Waals surface area contributed by atoms with Gasteiger partial charge in [0.1, 0.15) is 5.82 Å². The van der Waals surface area contributed by atoms with E-state index in [1.807, 2.05) is 24.3 Å². The number of benzene rings is 1. The summed E-state index contributed by atoms with van der Waals surface area (Å²) in [4.78, 5) is 17.8. The van der Waals surface area contributed by atoms with Crippen LogP contribution < -0.4 is 0 Å². The van der Waals surface area contributed by atoms with Gasteiger partial charge in [0.25, 0.3) is 0 Å². The van der Waals surface area contributed by atoms with Gasteiger partial charge >= 0.3 is 5.97 Å². The lowest BCUT2D eigenvalue weighted by Gasteiger charge is -1.95. The van der Waals surface area contributed by atoms with Crippen molar-refractivity contribution in [3.63, 3.8) is 0 Å². The molecule has 0 spiro atoms. The second-order valence-electron chi connectivity index (χ2n) is 3.28. The standard InChI is InChI=1S/C11H10N2O2/c1-7(6-10(14)15)11-12-8-4-2-3-5-9(8)13-11/h2-5H,1,6H2,(H,12,13)(H,14,15). The number of aliphatic carboxylic acids is 1. The van der Waals surface area contributed by atoms with E-state index in [2.05, 4.69) is 16.5 Å². The number of carboxylic acids is 1. The molecule has 0 saturated carbocycles. The van der Waals surface area contributed by atoms with Crippen LogP contribution in [0.1, 0.15) is 12.2 Å². The zero-order valence-corrected chi connectivity index (χ0v) is 8.03. The number of fused-ring (bicyclic) bond motifs is 1. The molecule has 1 aromatic heterocycles. The molecule has 0 saturated heterocycles. The number of aromatic amines is 1. The summed E-state index contributed by atoms with van der Waals surface area (Å²) >= 11 is 0. The molecule has 2 N–H and O–H groups in total. The Morgan fingerprint density at radius 2 is 2.20 bits per heavy atom. The maximum atomic E-state index is 10.5. The molecule has 1 heterocycles. The van der Waals surface area contributed by atoms with E-state index in [9.17, 15) is 4.79 Å². The highest BCUT2D eigenvalue weighted by atomic mass is 16.4. The number of aromatic nitrogens is 2. The molecule has 76 valence electrons. The summed E-state index contributed by atoms with van der Waals surface area (Å²) in [6.45, 7) is 3.69. The fraction of sp³-hybridized carbons (Fsp3) is 0.0909. The molecule has 0 unspecified atom stereocenters. The van der Waals surface area contributed by atoms with E-state index >= 15 is 0 Å². The van der Waals surface area contributed by atoms with Crippen LogP contribution in [0.2, 0.25) is 0 Å². The van der Waals surface area contributed by atoms with Crippen LogP contribution in [0.4, 0.5) is 0 Å². The van der Waals surface area contributed by atoms with Crippen molar-refractivity contribution in [3.8, 4) is 0 Å². The largest absolute Gasteiger partial charge is 0.481 e. The van der Waals surface area contributed by atoms with Gasteiger partial charge < -0.3 is 10.1 Å². The Kier molecular flexibility index (Phi) is 2.25. The number of hydrogen-bond acceptors (Lipinski definition) is 2. The summed E-state index contributed by atoms with van der Waals surface area (Å²) < 4.78 is 0. The van der Waals surface area contributed by atoms with Crippen molar-refractivity contribution in [1.29, 1.82) is 0 Å². The van der Waals surface area contributed by atoms with Crippen molar-refractivity contribution in [1.82, 2.24) is 9.97 Å². The van der Waals surface area contributed by atoms with Gasteiger partial charge in [-0.1, -0.05) is 18.7 Å². The molecule has 4 heteroatoms. The second kappa shape index (κ2) is 3.57. The average molecular weight is 202 g/mol. The molecule has 0 bridgehead atoms. The summed E-state index contributed by atoms with van der Waals surface area (Å²) in [7, 11) is 0. The van der Waals surface area contributed by atoms with E-state index in [0.717, 1.165) is 11.0 Å². The fourth-order valence-electron chi connectivity index (χ4n) is 1.39. The lowest BCUT2D eigenvalue weighted by Crippen LogP contribution is -1.97. The third-order valence-corrected chi connectivity index (χ3v) is 2.09. The molecular formula is C11H10N2O2. The van der Waals surface area contributed by atoms with Gasteiger partial charge in [-0.05, 0) is 17.7 Å². The van der Waals surface area contributed by atoms with Crippen molar-refractivity contribution >= 4 is 22.6 Å². The van der Waals surface area contributed by atoms with Crippen LogP contribution in [0.15, 0.2) is 30.8 Å². The molecule has 2 aromatic rings. The van der Waals surface area contributed by atoms with Crippen LogP contribution >= 0.6 is 0 Å². The first kappa shape index (κ1) is 9.45. The van der Waals surface area contributed by atoms with E-state index in [-0.39, 0.29) is 6.42 Å². The molecule has 15 heavy (non-hydrogen) atoms. The van der Waals surface area contributed by atoms with Crippen LogP contribution in [0.5, 0.6) is 0 Å². The third kappa shape index (κ3) is 1.88. The minimum absolute atomic E-state index is 0.0974. The molecule has 0 radical (unpaired) electrons. The quantitative estimate of drug-likeness (QED) is 0.800. The zero-order valence-electron chi connectivity index (χ0n) is 8.03. The van der Waals surface area contributed by atoms with Crippen LogP contribution in [0.3, 0.4) is 0 Å². The number of nitrogens with zero attached hydrogens (tertiary/aromatic N) is 1. The van der Waals surface area contributed by atoms with Crippen molar-refractivity contribution in [2.75, 3.05) is 0 Å². The highest BCUT2D eigenvalue weighted by Gasteiger charge is 2.08. The number of imidazole rings is 1. The number of hydrogen-bond donors (Lipinski definition) is 2. The van der Waals surface area contributed by atoms with Gasteiger partial charge in [-0.15, -0.1) is 0 Å².